The van der Waals surface area contributed by atoms with Gasteiger partial charge >= 0.3 is 0 Å². The minimum Gasteiger partial charge on any atom is -0.329 e. The second kappa shape index (κ2) is 4.99. The van der Waals surface area contributed by atoms with E-state index >= 15 is 0 Å². The lowest BCUT2D eigenvalue weighted by Crippen LogP contribution is -2.34. The normalized spacial score (nSPS) is 13.2. The number of nitrogens with one attached hydrogen (secondary N) is 1. The third kappa shape index (κ3) is 3.57. The highest BCUT2D eigenvalue weighted by Crippen LogP contribution is 1.96. The van der Waals surface area contributed by atoms with E-state index in [1.54, 1.807) is 0 Å². The highest BCUT2D eigenvalue weighted by molar-refractivity contribution is 5.03. The van der Waals surface area contributed by atoms with Crippen LogP contribution in [0.1, 0.15) is 12.5 Å². The topological polar surface area (TPSA) is 55.9 Å². The molecular weight excluding hydrogens is 164 g/mol. The standard InChI is InChI=1S/C9H18N4/c1-8(5-10)11-4-3-9-6-12-13(2)7-9/h6-8,11H,3-5,10H2,1-2H3. The van der Waals surface area contributed by atoms with Gasteiger partial charge in [0, 0.05) is 25.8 Å². The Morgan fingerprint density at radius 2 is 2.46 bits per heavy atom. The first kappa shape index (κ1) is 10.2. The number of hydrogen-bond donors (Lipinski definition) is 2. The maximum absolute atomic E-state index is 5.48. The minimum absolute atomic E-state index is 0.400. The average Bonchev–Trinajstić information content (AvgIpc) is 2.51. The number of rotatable bonds is 5. The molecule has 4 heteroatoms. The molecule has 1 aromatic heterocycles. The van der Waals surface area contributed by atoms with Crippen molar-refractivity contribution in [3.8, 4) is 0 Å². The molecule has 74 valence electrons. The monoisotopic (exact) mass is 182 g/mol. The molecule has 1 aromatic rings. The lowest BCUT2D eigenvalue weighted by molar-refractivity contribution is 0.559. The summed E-state index contributed by atoms with van der Waals surface area (Å²) in [7, 11) is 1.93. The van der Waals surface area contributed by atoms with Gasteiger partial charge in [0.2, 0.25) is 0 Å². The van der Waals surface area contributed by atoms with Crippen LogP contribution in [0.25, 0.3) is 0 Å². The third-order valence-electron chi connectivity index (χ3n) is 2.02. The molecule has 0 aliphatic carbocycles. The van der Waals surface area contributed by atoms with Crippen molar-refractivity contribution in [2.75, 3.05) is 13.1 Å². The van der Waals surface area contributed by atoms with Crippen molar-refractivity contribution in [1.29, 1.82) is 0 Å². The summed E-state index contributed by atoms with van der Waals surface area (Å²) >= 11 is 0. The van der Waals surface area contributed by atoms with Gasteiger partial charge in [-0.05, 0) is 25.5 Å². The number of hydrogen-bond acceptors (Lipinski definition) is 3. The Hall–Kier alpha value is -0.870. The molecule has 0 fully saturated rings. The van der Waals surface area contributed by atoms with Gasteiger partial charge in [-0.3, -0.25) is 4.68 Å². The number of aryl methyl sites for hydroxylation is 1. The van der Waals surface area contributed by atoms with Crippen molar-refractivity contribution in [2.45, 2.75) is 19.4 Å². The molecule has 13 heavy (non-hydrogen) atoms. The van der Waals surface area contributed by atoms with Gasteiger partial charge in [-0.1, -0.05) is 0 Å². The fourth-order valence-electron chi connectivity index (χ4n) is 1.15. The van der Waals surface area contributed by atoms with Crippen LogP contribution >= 0.6 is 0 Å². The first-order chi connectivity index (χ1) is 6.22. The molecule has 4 nitrogen and oxygen atoms in total. The van der Waals surface area contributed by atoms with E-state index in [0.29, 0.717) is 12.6 Å². The van der Waals surface area contributed by atoms with Crippen LogP contribution in [0.4, 0.5) is 0 Å². The van der Waals surface area contributed by atoms with Crippen LogP contribution in [0.2, 0.25) is 0 Å². The maximum Gasteiger partial charge on any atom is 0.0522 e. The van der Waals surface area contributed by atoms with Gasteiger partial charge in [-0.2, -0.15) is 5.10 Å². The molecule has 3 N–H and O–H groups in total. The van der Waals surface area contributed by atoms with Crippen molar-refractivity contribution >= 4 is 0 Å². The van der Waals surface area contributed by atoms with E-state index in [9.17, 15) is 0 Å². The summed E-state index contributed by atoms with van der Waals surface area (Å²) in [6.45, 7) is 3.74. The van der Waals surface area contributed by atoms with Crippen molar-refractivity contribution in [1.82, 2.24) is 15.1 Å². The smallest absolute Gasteiger partial charge is 0.0522 e. The van der Waals surface area contributed by atoms with E-state index < -0.39 is 0 Å². The molecule has 0 amide bonds. The van der Waals surface area contributed by atoms with Gasteiger partial charge in [0.15, 0.2) is 0 Å². The second-order valence-electron chi connectivity index (χ2n) is 3.36. The zero-order valence-electron chi connectivity index (χ0n) is 8.33. The van der Waals surface area contributed by atoms with Gasteiger partial charge in [0.1, 0.15) is 0 Å². The van der Waals surface area contributed by atoms with Gasteiger partial charge in [0.05, 0.1) is 6.20 Å². The van der Waals surface area contributed by atoms with E-state index in [1.165, 1.54) is 5.56 Å². The Labute approximate surface area is 79.1 Å². The number of nitrogens with zero attached hydrogens (tertiary/aromatic N) is 2. The van der Waals surface area contributed by atoms with Crippen molar-refractivity contribution < 1.29 is 0 Å². The van der Waals surface area contributed by atoms with Crippen LogP contribution in [-0.4, -0.2) is 28.9 Å². The molecule has 0 bridgehead atoms. The molecule has 0 saturated carbocycles. The zero-order chi connectivity index (χ0) is 9.68. The fraction of sp³-hybridized carbons (Fsp3) is 0.667. The highest BCUT2D eigenvalue weighted by atomic mass is 15.2. The summed E-state index contributed by atoms with van der Waals surface area (Å²) < 4.78 is 1.82. The van der Waals surface area contributed by atoms with Crippen LogP contribution in [-0.2, 0) is 13.5 Å². The van der Waals surface area contributed by atoms with Crippen molar-refractivity contribution in [2.24, 2.45) is 12.8 Å². The molecule has 0 aliphatic heterocycles. The molecule has 0 spiro atoms. The maximum atomic E-state index is 5.48. The Morgan fingerprint density at radius 3 is 3.00 bits per heavy atom. The van der Waals surface area contributed by atoms with Gasteiger partial charge in [-0.15, -0.1) is 0 Å². The van der Waals surface area contributed by atoms with E-state index in [0.717, 1.165) is 13.0 Å². The number of aromatic nitrogens is 2. The molecule has 1 rings (SSSR count). The largest absolute Gasteiger partial charge is 0.329 e. The van der Waals surface area contributed by atoms with Crippen LogP contribution in [0, 0.1) is 0 Å². The molecule has 0 saturated heterocycles. The van der Waals surface area contributed by atoms with E-state index in [2.05, 4.69) is 17.3 Å². The predicted octanol–water partition coefficient (Wildman–Crippen LogP) is -0.101. The summed E-state index contributed by atoms with van der Waals surface area (Å²) in [5, 5.41) is 7.43. The van der Waals surface area contributed by atoms with Crippen LogP contribution in [0.15, 0.2) is 12.4 Å². The van der Waals surface area contributed by atoms with Gasteiger partial charge < -0.3 is 11.1 Å². The average molecular weight is 182 g/mol. The summed E-state index contributed by atoms with van der Waals surface area (Å²) in [5.41, 5.74) is 6.74. The van der Waals surface area contributed by atoms with Crippen LogP contribution in [0.3, 0.4) is 0 Å². The summed E-state index contributed by atoms with van der Waals surface area (Å²) in [6.07, 6.45) is 4.95. The first-order valence-corrected chi connectivity index (χ1v) is 4.63. The zero-order valence-corrected chi connectivity index (χ0v) is 8.33. The van der Waals surface area contributed by atoms with Gasteiger partial charge in [-0.25, -0.2) is 0 Å². The fourth-order valence-corrected chi connectivity index (χ4v) is 1.15. The molecule has 1 heterocycles. The second-order valence-corrected chi connectivity index (χ2v) is 3.36. The molecule has 0 radical (unpaired) electrons. The summed E-state index contributed by atoms with van der Waals surface area (Å²) in [5.74, 6) is 0. The van der Waals surface area contributed by atoms with E-state index in [1.807, 2.05) is 24.1 Å². The van der Waals surface area contributed by atoms with Crippen molar-refractivity contribution in [3.05, 3.63) is 18.0 Å². The lowest BCUT2D eigenvalue weighted by Gasteiger charge is -2.09. The third-order valence-corrected chi connectivity index (χ3v) is 2.02. The summed E-state index contributed by atoms with van der Waals surface area (Å²) in [4.78, 5) is 0. The number of nitrogens with two attached hydrogens (primary N) is 1. The molecule has 1 unspecified atom stereocenters. The summed E-state index contributed by atoms with van der Waals surface area (Å²) in [6, 6.07) is 0.400. The van der Waals surface area contributed by atoms with Crippen molar-refractivity contribution in [3.63, 3.8) is 0 Å². The van der Waals surface area contributed by atoms with E-state index in [-0.39, 0.29) is 0 Å². The molecule has 0 aliphatic rings. The van der Waals surface area contributed by atoms with Crippen LogP contribution in [0.5, 0.6) is 0 Å². The Kier molecular flexibility index (Phi) is 3.92. The Morgan fingerprint density at radius 1 is 1.69 bits per heavy atom. The highest BCUT2D eigenvalue weighted by Gasteiger charge is 1.98. The molecular formula is C9H18N4. The molecule has 1 atom stereocenters. The van der Waals surface area contributed by atoms with Gasteiger partial charge in [0.25, 0.3) is 0 Å². The first-order valence-electron chi connectivity index (χ1n) is 4.63. The quantitative estimate of drug-likeness (QED) is 0.668. The van der Waals surface area contributed by atoms with E-state index in [4.69, 9.17) is 5.73 Å². The molecule has 0 aromatic carbocycles. The minimum atomic E-state index is 0.400. The lowest BCUT2D eigenvalue weighted by atomic mass is 10.2. The Balaban J connectivity index is 2.20. The SMILES string of the molecule is CC(CN)NCCc1cnn(C)c1. The predicted molar refractivity (Wildman–Crippen MR) is 53.4 cm³/mol. The Bertz CT molecular complexity index is 244. The van der Waals surface area contributed by atoms with Crippen LogP contribution < -0.4 is 11.1 Å².